The lowest BCUT2D eigenvalue weighted by Crippen LogP contribution is -2.30. The zero-order valence-electron chi connectivity index (χ0n) is 11.9. The van der Waals surface area contributed by atoms with Gasteiger partial charge in [-0.3, -0.25) is 15.6 Å². The van der Waals surface area contributed by atoms with Crippen LogP contribution in [-0.4, -0.2) is 23.0 Å². The number of hydrogen-bond donors (Lipinski definition) is 2. The highest BCUT2D eigenvalue weighted by molar-refractivity contribution is 5.98. The third-order valence-corrected chi connectivity index (χ3v) is 3.19. The molecule has 0 radical (unpaired) electrons. The maximum atomic E-state index is 12.2. The molecule has 0 saturated carbocycles. The molecule has 3 aromatic rings. The van der Waals surface area contributed by atoms with Crippen LogP contribution in [0.4, 0.5) is 5.82 Å². The lowest BCUT2D eigenvalue weighted by atomic mass is 10.2. The fourth-order valence-corrected chi connectivity index (χ4v) is 2.12. The van der Waals surface area contributed by atoms with Crippen molar-refractivity contribution in [1.82, 2.24) is 15.4 Å². The quantitative estimate of drug-likeness (QED) is 0.723. The van der Waals surface area contributed by atoms with Gasteiger partial charge in [-0.15, -0.1) is 0 Å². The minimum Gasteiger partial charge on any atom is -0.496 e. The number of fused-ring (bicyclic) bond motifs is 1. The Labute approximate surface area is 127 Å². The van der Waals surface area contributed by atoms with Crippen molar-refractivity contribution in [2.24, 2.45) is 0 Å². The minimum atomic E-state index is -0.305. The summed E-state index contributed by atoms with van der Waals surface area (Å²) >= 11 is 0. The number of methoxy groups -OCH3 is 1. The standard InChI is InChI=1S/C16H14N4O2/c1-22-14-9-5-3-7-12(14)16(21)20-19-15-11-6-2-4-8-13(11)17-10-18-15/h2-10H,1H3,(H,20,21)(H,17,18,19). The van der Waals surface area contributed by atoms with Gasteiger partial charge in [-0.25, -0.2) is 9.97 Å². The molecule has 0 atom stereocenters. The largest absolute Gasteiger partial charge is 0.496 e. The Kier molecular flexibility index (Phi) is 3.82. The van der Waals surface area contributed by atoms with Crippen molar-refractivity contribution in [2.75, 3.05) is 12.5 Å². The van der Waals surface area contributed by atoms with E-state index in [-0.39, 0.29) is 5.91 Å². The van der Waals surface area contributed by atoms with Gasteiger partial charge in [0.1, 0.15) is 12.1 Å². The molecule has 0 aliphatic carbocycles. The van der Waals surface area contributed by atoms with Crippen LogP contribution in [0.5, 0.6) is 5.75 Å². The summed E-state index contributed by atoms with van der Waals surface area (Å²) in [6, 6.07) is 14.5. The van der Waals surface area contributed by atoms with Gasteiger partial charge in [0.2, 0.25) is 0 Å². The molecule has 22 heavy (non-hydrogen) atoms. The Balaban J connectivity index is 1.81. The maximum absolute atomic E-state index is 12.2. The normalized spacial score (nSPS) is 10.2. The number of benzene rings is 2. The van der Waals surface area contributed by atoms with Crippen LogP contribution >= 0.6 is 0 Å². The lowest BCUT2D eigenvalue weighted by molar-refractivity contribution is 0.0959. The van der Waals surface area contributed by atoms with E-state index in [9.17, 15) is 4.79 Å². The number of para-hydroxylation sites is 2. The molecule has 2 N–H and O–H groups in total. The van der Waals surface area contributed by atoms with Crippen molar-refractivity contribution >= 4 is 22.6 Å². The van der Waals surface area contributed by atoms with Crippen LogP contribution < -0.4 is 15.6 Å². The molecule has 6 nitrogen and oxygen atoms in total. The molecular weight excluding hydrogens is 280 g/mol. The monoisotopic (exact) mass is 294 g/mol. The molecule has 1 heterocycles. The van der Waals surface area contributed by atoms with E-state index in [1.54, 1.807) is 24.3 Å². The summed E-state index contributed by atoms with van der Waals surface area (Å²) < 4.78 is 5.17. The van der Waals surface area contributed by atoms with Crippen molar-refractivity contribution in [1.29, 1.82) is 0 Å². The second-order valence-electron chi connectivity index (χ2n) is 4.52. The molecule has 6 heteroatoms. The average molecular weight is 294 g/mol. The van der Waals surface area contributed by atoms with Crippen molar-refractivity contribution in [3.63, 3.8) is 0 Å². The highest BCUT2D eigenvalue weighted by atomic mass is 16.5. The van der Waals surface area contributed by atoms with Crippen molar-refractivity contribution in [3.8, 4) is 5.75 Å². The molecule has 0 aliphatic rings. The predicted molar refractivity (Wildman–Crippen MR) is 83.6 cm³/mol. The van der Waals surface area contributed by atoms with Crippen molar-refractivity contribution in [3.05, 3.63) is 60.4 Å². The fourth-order valence-electron chi connectivity index (χ4n) is 2.12. The number of rotatable bonds is 4. The van der Waals surface area contributed by atoms with Gasteiger partial charge in [0.05, 0.1) is 18.2 Å². The highest BCUT2D eigenvalue weighted by Gasteiger charge is 2.11. The van der Waals surface area contributed by atoms with E-state index in [4.69, 9.17) is 4.74 Å². The zero-order chi connectivity index (χ0) is 15.4. The number of carbonyl (C=O) groups excluding carboxylic acids is 1. The third-order valence-electron chi connectivity index (χ3n) is 3.19. The maximum Gasteiger partial charge on any atom is 0.273 e. The first-order valence-corrected chi connectivity index (χ1v) is 6.68. The number of amides is 1. The van der Waals surface area contributed by atoms with E-state index >= 15 is 0 Å². The van der Waals surface area contributed by atoms with Crippen LogP contribution in [0.3, 0.4) is 0 Å². The smallest absolute Gasteiger partial charge is 0.273 e. The van der Waals surface area contributed by atoms with Crippen LogP contribution in [-0.2, 0) is 0 Å². The van der Waals surface area contributed by atoms with Gasteiger partial charge in [0.15, 0.2) is 5.82 Å². The summed E-state index contributed by atoms with van der Waals surface area (Å²) in [6.07, 6.45) is 1.44. The van der Waals surface area contributed by atoms with Gasteiger partial charge < -0.3 is 4.74 Å². The topological polar surface area (TPSA) is 76.1 Å². The summed E-state index contributed by atoms with van der Waals surface area (Å²) in [6.45, 7) is 0. The molecule has 1 aromatic heterocycles. The van der Waals surface area contributed by atoms with Crippen LogP contribution in [0.1, 0.15) is 10.4 Å². The fraction of sp³-hybridized carbons (Fsp3) is 0.0625. The Morgan fingerprint density at radius 3 is 2.68 bits per heavy atom. The van der Waals surface area contributed by atoms with Crippen LogP contribution in [0.15, 0.2) is 54.9 Å². The first-order chi connectivity index (χ1) is 10.8. The molecule has 0 aliphatic heterocycles. The molecule has 0 saturated heterocycles. The van der Waals surface area contributed by atoms with E-state index < -0.39 is 0 Å². The van der Waals surface area contributed by atoms with Crippen LogP contribution in [0, 0.1) is 0 Å². The first-order valence-electron chi connectivity index (χ1n) is 6.68. The van der Waals surface area contributed by atoms with E-state index in [0.29, 0.717) is 17.1 Å². The second-order valence-corrected chi connectivity index (χ2v) is 4.52. The molecule has 3 rings (SSSR count). The average Bonchev–Trinajstić information content (AvgIpc) is 2.59. The first kappa shape index (κ1) is 13.8. The number of aromatic nitrogens is 2. The third kappa shape index (κ3) is 2.67. The molecule has 110 valence electrons. The number of carbonyl (C=O) groups is 1. The minimum absolute atomic E-state index is 0.305. The molecule has 0 spiro atoms. The van der Waals surface area contributed by atoms with Crippen LogP contribution in [0.2, 0.25) is 0 Å². The summed E-state index contributed by atoms with van der Waals surface area (Å²) in [4.78, 5) is 20.6. The number of hydrogen-bond acceptors (Lipinski definition) is 5. The van der Waals surface area contributed by atoms with Gasteiger partial charge in [0, 0.05) is 5.39 Å². The Bertz CT molecular complexity index is 815. The molecule has 0 unspecified atom stereocenters. The van der Waals surface area contributed by atoms with Gasteiger partial charge in [0.25, 0.3) is 5.91 Å². The van der Waals surface area contributed by atoms with Gasteiger partial charge >= 0.3 is 0 Å². The van der Waals surface area contributed by atoms with Gasteiger partial charge in [-0.2, -0.15) is 0 Å². The van der Waals surface area contributed by atoms with Crippen molar-refractivity contribution < 1.29 is 9.53 Å². The van der Waals surface area contributed by atoms with E-state index in [0.717, 1.165) is 10.9 Å². The van der Waals surface area contributed by atoms with E-state index in [2.05, 4.69) is 20.8 Å². The SMILES string of the molecule is COc1ccccc1C(=O)NNc1ncnc2ccccc12. The van der Waals surface area contributed by atoms with Crippen molar-refractivity contribution in [2.45, 2.75) is 0 Å². The van der Waals surface area contributed by atoms with E-state index in [1.165, 1.54) is 13.4 Å². The predicted octanol–water partition coefficient (Wildman–Crippen LogP) is 2.40. The number of anilines is 1. The van der Waals surface area contributed by atoms with Gasteiger partial charge in [-0.1, -0.05) is 24.3 Å². The number of ether oxygens (including phenoxy) is 1. The molecular formula is C16H14N4O2. The lowest BCUT2D eigenvalue weighted by Gasteiger charge is -2.11. The summed E-state index contributed by atoms with van der Waals surface area (Å²) in [5, 5.41) is 0.824. The number of nitrogens with zero attached hydrogens (tertiary/aromatic N) is 2. The molecule has 2 aromatic carbocycles. The molecule has 1 amide bonds. The Hall–Kier alpha value is -3.15. The summed E-state index contributed by atoms with van der Waals surface area (Å²) in [7, 11) is 1.53. The number of hydrazine groups is 1. The van der Waals surface area contributed by atoms with Crippen LogP contribution in [0.25, 0.3) is 10.9 Å². The summed E-state index contributed by atoms with van der Waals surface area (Å²) in [5.74, 6) is 0.739. The number of nitrogens with one attached hydrogen (secondary N) is 2. The zero-order valence-corrected chi connectivity index (χ0v) is 11.9. The second kappa shape index (κ2) is 6.09. The Morgan fingerprint density at radius 1 is 1.05 bits per heavy atom. The highest BCUT2D eigenvalue weighted by Crippen LogP contribution is 2.19. The molecule has 0 fully saturated rings. The molecule has 0 bridgehead atoms. The Morgan fingerprint density at radius 2 is 1.82 bits per heavy atom. The van der Waals surface area contributed by atoms with Gasteiger partial charge in [-0.05, 0) is 24.3 Å². The van der Waals surface area contributed by atoms with E-state index in [1.807, 2.05) is 24.3 Å². The summed E-state index contributed by atoms with van der Waals surface area (Å²) in [5.41, 5.74) is 6.69.